The Bertz CT molecular complexity index is 4770. The molecule has 0 spiro atoms. The molecule has 6 aromatic carbocycles. The van der Waals surface area contributed by atoms with Crippen LogP contribution >= 0.6 is 0 Å². The molecule has 6 amide bonds. The summed E-state index contributed by atoms with van der Waals surface area (Å²) in [4.78, 5) is 112. The Hall–Kier alpha value is -13.1. The Kier molecular flexibility index (Phi) is 26.7. The van der Waals surface area contributed by atoms with Gasteiger partial charge in [-0.2, -0.15) is 0 Å². The quantitative estimate of drug-likeness (QED) is 0.0384. The number of aliphatic hydroxyl groups excluding tert-OH is 1. The van der Waals surface area contributed by atoms with Gasteiger partial charge in [0.25, 0.3) is 17.7 Å². The number of nitrogens with two attached hydrogens (primary N) is 3. The molecule has 3 saturated heterocycles. The van der Waals surface area contributed by atoms with Gasteiger partial charge in [-0.05, 0) is 101 Å². The third-order valence-corrected chi connectivity index (χ3v) is 17.9. The first kappa shape index (κ1) is 79.4. The molecule has 0 bridgehead atoms. The van der Waals surface area contributed by atoms with Crippen LogP contribution in [-0.4, -0.2) is 188 Å². The lowest BCUT2D eigenvalue weighted by molar-refractivity contribution is -0.122. The number of hydrogen-bond acceptors (Lipinski definition) is 26. The third kappa shape index (κ3) is 20.5. The number of rotatable bonds is 24. The van der Waals surface area contributed by atoms with E-state index in [0.717, 1.165) is 0 Å². The van der Waals surface area contributed by atoms with Crippen LogP contribution in [0.3, 0.4) is 0 Å². The number of amides is 6. The highest BCUT2D eigenvalue weighted by Gasteiger charge is 2.34. The summed E-state index contributed by atoms with van der Waals surface area (Å²) in [6.07, 6.45) is 7.83. The number of aromatic nitrogens is 6. The molecule has 3 fully saturated rings. The van der Waals surface area contributed by atoms with Crippen LogP contribution in [0.15, 0.2) is 146 Å². The minimum Gasteiger partial charge on any atom is -0.508 e. The monoisotopic (exact) mass is 1510 g/mol. The van der Waals surface area contributed by atoms with Crippen molar-refractivity contribution >= 4 is 59.1 Å². The van der Waals surface area contributed by atoms with Gasteiger partial charge >= 0.3 is 0 Å². The van der Waals surface area contributed by atoms with Gasteiger partial charge < -0.3 is 99.7 Å². The molecule has 0 radical (unpaired) electrons. The second-order valence-electron chi connectivity index (χ2n) is 25.5. The van der Waals surface area contributed by atoms with Crippen LogP contribution < -0.4 is 79.3 Å². The van der Waals surface area contributed by atoms with E-state index in [9.17, 15) is 67.2 Å². The van der Waals surface area contributed by atoms with Crippen molar-refractivity contribution in [1.82, 2.24) is 77.8 Å². The van der Waals surface area contributed by atoms with E-state index in [4.69, 9.17) is 31.4 Å². The molecular formula is C75H79F3N18O14. The number of carbonyl (C=O) groups excluding carboxylic acids is 7. The summed E-state index contributed by atoms with van der Waals surface area (Å²) in [5.41, 5.74) is 19.6. The minimum absolute atomic E-state index is 0.0485. The number of methoxy groups -OCH3 is 3. The normalized spacial score (nSPS) is 17.1. The van der Waals surface area contributed by atoms with E-state index in [2.05, 4.69) is 77.8 Å². The molecule has 110 heavy (non-hydrogen) atoms. The van der Waals surface area contributed by atoms with E-state index < -0.39 is 52.3 Å². The second-order valence-corrected chi connectivity index (χ2v) is 25.5. The third-order valence-electron chi connectivity index (χ3n) is 17.9. The Labute approximate surface area is 626 Å². The van der Waals surface area contributed by atoms with Gasteiger partial charge in [0.05, 0.1) is 82.4 Å². The van der Waals surface area contributed by atoms with Gasteiger partial charge in [-0.1, -0.05) is 36.4 Å². The van der Waals surface area contributed by atoms with E-state index >= 15 is 0 Å². The zero-order chi connectivity index (χ0) is 78.7. The minimum atomic E-state index is -1.47. The Morgan fingerprint density at radius 2 is 0.736 bits per heavy atom. The lowest BCUT2D eigenvalue weighted by Gasteiger charge is -2.21. The van der Waals surface area contributed by atoms with Crippen molar-refractivity contribution in [3.05, 3.63) is 231 Å². The van der Waals surface area contributed by atoms with Crippen LogP contribution in [0.1, 0.15) is 92.0 Å². The largest absolute Gasteiger partial charge is 0.508 e. The van der Waals surface area contributed by atoms with Crippen LogP contribution in [0.2, 0.25) is 0 Å². The summed E-state index contributed by atoms with van der Waals surface area (Å²) < 4.78 is 58.5. The lowest BCUT2D eigenvalue weighted by atomic mass is 9.98. The molecule has 3 aliphatic heterocycles. The first-order valence-electron chi connectivity index (χ1n) is 34.2. The van der Waals surface area contributed by atoms with Gasteiger partial charge in [0.2, 0.25) is 35.6 Å². The number of hydrogen-bond donors (Lipinski definition) is 16. The molecule has 0 aliphatic carbocycles. The van der Waals surface area contributed by atoms with Crippen LogP contribution in [0.25, 0.3) is 0 Å². The summed E-state index contributed by atoms with van der Waals surface area (Å²) in [5.74, 6) is -5.97. The summed E-state index contributed by atoms with van der Waals surface area (Å²) in [7, 11) is 3.89. The first-order chi connectivity index (χ1) is 52.9. The summed E-state index contributed by atoms with van der Waals surface area (Å²) in [6, 6.07) is 23.8. The molecule has 35 heteroatoms. The summed E-state index contributed by atoms with van der Waals surface area (Å²) in [5, 5.41) is 67.7. The Balaban J connectivity index is 0.000000176. The van der Waals surface area contributed by atoms with E-state index in [1.807, 2.05) is 0 Å². The predicted molar refractivity (Wildman–Crippen MR) is 392 cm³/mol. The number of nitrogens with zero attached hydrogens (tertiary/aromatic N) is 6. The van der Waals surface area contributed by atoms with E-state index in [-0.39, 0.29) is 160 Å². The highest BCUT2D eigenvalue weighted by atomic mass is 19.1. The number of phenols is 3. The lowest BCUT2D eigenvalue weighted by Crippen LogP contribution is -2.51. The topological polar surface area (TPSA) is 492 Å². The molecule has 32 nitrogen and oxygen atoms in total. The fraction of sp³-hybridized carbons (Fsp3) is 0.267. The van der Waals surface area contributed by atoms with Crippen molar-refractivity contribution in [1.29, 1.82) is 0 Å². The second kappa shape index (κ2) is 36.9. The van der Waals surface area contributed by atoms with Gasteiger partial charge in [-0.15, -0.1) is 0 Å². The van der Waals surface area contributed by atoms with Gasteiger partial charge in [0.1, 0.15) is 28.9 Å². The highest BCUT2D eigenvalue weighted by Crippen LogP contribution is 2.37. The van der Waals surface area contributed by atoms with Crippen LogP contribution in [0.5, 0.6) is 34.5 Å². The molecule has 574 valence electrons. The molecule has 0 saturated carbocycles. The molecule has 19 N–H and O–H groups in total. The average Bonchev–Trinajstić information content (AvgIpc) is 1.17. The summed E-state index contributed by atoms with van der Waals surface area (Å²) >= 11 is 0. The van der Waals surface area contributed by atoms with E-state index in [1.165, 1.54) is 143 Å². The fourth-order valence-corrected chi connectivity index (χ4v) is 12.1. The van der Waals surface area contributed by atoms with Gasteiger partial charge in [0.15, 0.2) is 40.5 Å². The van der Waals surface area contributed by atoms with Crippen LogP contribution in [0, 0.1) is 17.5 Å². The number of ether oxygens (including phenoxy) is 3. The number of benzene rings is 6. The van der Waals surface area contributed by atoms with Crippen molar-refractivity contribution in [3.63, 3.8) is 0 Å². The molecular weight excluding hydrogens is 1430 g/mol. The van der Waals surface area contributed by atoms with Crippen molar-refractivity contribution < 1.29 is 81.4 Å². The number of anilines is 3. The maximum Gasteiger partial charge on any atom is 0.251 e. The van der Waals surface area contributed by atoms with E-state index in [1.54, 1.807) is 24.3 Å². The van der Waals surface area contributed by atoms with Crippen molar-refractivity contribution in [2.45, 2.75) is 68.0 Å². The Morgan fingerprint density at radius 3 is 1.12 bits per heavy atom. The van der Waals surface area contributed by atoms with Gasteiger partial charge in [-0.25, -0.2) is 43.1 Å². The van der Waals surface area contributed by atoms with Crippen molar-refractivity contribution in [2.24, 2.45) is 0 Å². The molecule has 3 aromatic heterocycles. The number of nitrogen functional groups attached to an aromatic ring is 3. The average molecular weight is 1510 g/mol. The highest BCUT2D eigenvalue weighted by molar-refractivity contribution is 6.11. The number of aromatic hydroxyl groups is 3. The molecule has 9 aromatic rings. The first-order valence-corrected chi connectivity index (χ1v) is 34.2. The SMILES string of the molecule is COc1ccc(O)c(C(=O)c2ccc(C(=O)N[C@@H]3CNC[C@H]3NC(=O)Cc3cnc(N)nc3)cc2)c1F.COc1ccc(O)c(C(O)c2ccc(C(=O)N[C@@H]3CNC[C@H]3NC(=O)Cc3cnc(N)nc3)cc2)c1F.COc1ccc(O)c(Cc2ccc(C(=O)N[C@@H]3CNC[C@H]3NC(=O)Cc3cnc(N)nc3)cc2)c1F. The smallest absolute Gasteiger partial charge is 0.251 e. The van der Waals surface area contributed by atoms with Crippen LogP contribution in [0.4, 0.5) is 31.0 Å². The number of aliphatic hydroxyl groups is 1. The number of nitrogens with one attached hydrogen (secondary N) is 9. The summed E-state index contributed by atoms with van der Waals surface area (Å²) in [6.45, 7) is 2.89. The standard InChI is InChI=1S/C25H27FN6O5.C25H25FN6O5.C25H27FN6O4/c2*1-37-19-7-6-18(33)21(22(19)26)23(35)14-2-4-15(5-3-14)24(36)32-17-12-28-11-16(17)31-20(34)8-13-9-29-25(27)30-10-13;1-36-21-7-6-20(33)17(23(21)26)8-14-2-4-16(5-3-14)24(35)32-19-13-28-12-18(19)31-22(34)9-15-10-29-25(27)30-11-15/h2-7,9-10,16-17,23,28,33,35H,8,11-12H2,1H3,(H,31,34)(H,32,36)(H2,27,29,30);2-7,9-10,16-17,28,33H,8,11-12H2,1H3,(H,31,34)(H,32,36)(H2,27,29,30);2-7,10-11,18-19,28,33H,8-9,12-13H2,1H3,(H,31,34)(H,32,35)(H2,27,29,30)/t16-,17-,23?;16-,17-;18-,19-/m111/s1. The molecule has 12 rings (SSSR count). The van der Waals surface area contributed by atoms with Gasteiger partial charge in [-0.3, -0.25) is 33.6 Å². The maximum absolute atomic E-state index is 14.6. The van der Waals surface area contributed by atoms with E-state index in [0.29, 0.717) is 72.6 Å². The Morgan fingerprint density at radius 1 is 0.418 bits per heavy atom. The number of phenolic OH excluding ortho intramolecular Hbond substituents is 3. The molecule has 7 atom stereocenters. The van der Waals surface area contributed by atoms with Gasteiger partial charge in [0, 0.05) is 111 Å². The fourth-order valence-electron chi connectivity index (χ4n) is 12.1. The van der Waals surface area contributed by atoms with Crippen molar-refractivity contribution in [2.75, 3.05) is 77.8 Å². The maximum atomic E-state index is 14.6. The zero-order valence-corrected chi connectivity index (χ0v) is 59.4. The number of carbonyl (C=O) groups is 7. The number of ketones is 1. The van der Waals surface area contributed by atoms with Crippen LogP contribution in [-0.2, 0) is 40.1 Å². The molecule has 6 heterocycles. The predicted octanol–water partition coefficient (Wildman–Crippen LogP) is 1.93. The number of halogens is 3. The molecule has 1 unspecified atom stereocenters. The zero-order valence-electron chi connectivity index (χ0n) is 59.4. The molecule has 3 aliphatic rings. The van der Waals surface area contributed by atoms with Crippen molar-refractivity contribution in [3.8, 4) is 34.5 Å².